The summed E-state index contributed by atoms with van der Waals surface area (Å²) in [6.45, 7) is 2.20. The maximum Gasteiger partial charge on any atom is 0.290 e. The summed E-state index contributed by atoms with van der Waals surface area (Å²) in [5, 5.41) is 21.6. The monoisotopic (exact) mass is 464 g/mol. The van der Waals surface area contributed by atoms with Crippen LogP contribution in [0.1, 0.15) is 34.3 Å². The molecule has 170 valence electrons. The molecule has 0 spiro atoms. The van der Waals surface area contributed by atoms with E-state index in [1.54, 1.807) is 35.6 Å². The first-order valence-electron chi connectivity index (χ1n) is 10.5. The summed E-state index contributed by atoms with van der Waals surface area (Å²) >= 11 is 1.65. The zero-order valence-electron chi connectivity index (χ0n) is 17.8. The first-order valence-corrected chi connectivity index (χ1v) is 11.4. The summed E-state index contributed by atoms with van der Waals surface area (Å²) in [5.41, 5.74) is 11.7. The standard InChI is InChI=1S/C23H22N4O2S.CH2O2/c24-22(25)14-3-5-16(6-4-14)26-23(28)18-9-17-19-13-30-12-15(19)11-29-21(17)10-20(18)27-7-1-2-8-27;2-1-3/h3-6,9-10,12-13H,1-2,7-8,11H2,(H3,24,25)(H,26,28);1H,(H,2,3). The average Bonchev–Trinajstić information content (AvgIpc) is 3.51. The van der Waals surface area contributed by atoms with Gasteiger partial charge in [-0.15, -0.1) is 0 Å². The molecule has 0 aliphatic carbocycles. The highest BCUT2D eigenvalue weighted by atomic mass is 32.1. The molecule has 0 saturated carbocycles. The number of rotatable bonds is 4. The lowest BCUT2D eigenvalue weighted by atomic mass is 9.97. The molecule has 2 aliphatic rings. The van der Waals surface area contributed by atoms with Crippen LogP contribution in [-0.4, -0.2) is 36.4 Å². The molecule has 0 bridgehead atoms. The van der Waals surface area contributed by atoms with Gasteiger partial charge in [0.1, 0.15) is 18.2 Å². The van der Waals surface area contributed by atoms with E-state index in [1.807, 2.05) is 12.1 Å². The number of nitrogens with zero attached hydrogens (tertiary/aromatic N) is 1. The molecule has 3 aromatic rings. The molecule has 0 atom stereocenters. The van der Waals surface area contributed by atoms with E-state index < -0.39 is 0 Å². The maximum atomic E-state index is 13.3. The second-order valence-electron chi connectivity index (χ2n) is 7.71. The van der Waals surface area contributed by atoms with Gasteiger partial charge in [0.05, 0.1) is 11.3 Å². The number of hydrogen-bond donors (Lipinski definition) is 4. The number of amidine groups is 1. The Morgan fingerprint density at radius 2 is 1.85 bits per heavy atom. The van der Waals surface area contributed by atoms with Crippen LogP contribution >= 0.6 is 11.3 Å². The minimum absolute atomic E-state index is 0.00505. The van der Waals surface area contributed by atoms with Crippen molar-refractivity contribution >= 4 is 40.9 Å². The van der Waals surface area contributed by atoms with Crippen molar-refractivity contribution in [3.8, 4) is 16.9 Å². The third-order valence-electron chi connectivity index (χ3n) is 5.66. The molecule has 0 unspecified atom stereocenters. The highest BCUT2D eigenvalue weighted by Crippen LogP contribution is 2.43. The van der Waals surface area contributed by atoms with Crippen LogP contribution in [0.5, 0.6) is 5.75 Å². The van der Waals surface area contributed by atoms with Crippen LogP contribution in [0.4, 0.5) is 11.4 Å². The van der Waals surface area contributed by atoms with Crippen molar-refractivity contribution < 1.29 is 19.4 Å². The Morgan fingerprint density at radius 1 is 1.15 bits per heavy atom. The number of carbonyl (C=O) groups excluding carboxylic acids is 1. The molecule has 1 aromatic heterocycles. The molecular weight excluding hydrogens is 440 g/mol. The molecular formula is C24H24N4O4S. The Bertz CT molecular complexity index is 1180. The zero-order chi connectivity index (χ0) is 23.4. The number of nitrogens with two attached hydrogens (primary N) is 1. The van der Waals surface area contributed by atoms with E-state index in [2.05, 4.69) is 21.0 Å². The molecule has 1 amide bonds. The van der Waals surface area contributed by atoms with E-state index in [0.29, 0.717) is 23.4 Å². The number of nitrogens with one attached hydrogen (secondary N) is 2. The van der Waals surface area contributed by atoms with Gasteiger partial charge in [0.25, 0.3) is 12.4 Å². The lowest BCUT2D eigenvalue weighted by Crippen LogP contribution is -2.23. The zero-order valence-corrected chi connectivity index (χ0v) is 18.7. The van der Waals surface area contributed by atoms with Crippen molar-refractivity contribution in [3.05, 3.63) is 63.8 Å². The number of thiophene rings is 1. The lowest BCUT2D eigenvalue weighted by Gasteiger charge is -2.25. The summed E-state index contributed by atoms with van der Waals surface area (Å²) in [6.07, 6.45) is 2.25. The lowest BCUT2D eigenvalue weighted by molar-refractivity contribution is -0.122. The average molecular weight is 465 g/mol. The largest absolute Gasteiger partial charge is 0.488 e. The first-order chi connectivity index (χ1) is 16.0. The molecule has 1 saturated heterocycles. The van der Waals surface area contributed by atoms with Gasteiger partial charge < -0.3 is 25.8 Å². The van der Waals surface area contributed by atoms with Gasteiger partial charge in [-0.2, -0.15) is 11.3 Å². The number of carboxylic acid groups (broad SMARTS) is 1. The van der Waals surface area contributed by atoms with E-state index in [1.165, 1.54) is 0 Å². The van der Waals surface area contributed by atoms with Gasteiger partial charge in [-0.1, -0.05) is 0 Å². The Labute approximate surface area is 195 Å². The highest BCUT2D eigenvalue weighted by Gasteiger charge is 2.26. The Kier molecular flexibility index (Phi) is 6.60. The quantitative estimate of drug-likeness (QED) is 0.261. The number of hydrogen-bond acceptors (Lipinski definition) is 6. The molecule has 5 rings (SSSR count). The van der Waals surface area contributed by atoms with Crippen LogP contribution in [0.15, 0.2) is 47.2 Å². The van der Waals surface area contributed by atoms with Crippen LogP contribution in [0.3, 0.4) is 0 Å². The van der Waals surface area contributed by atoms with E-state index in [-0.39, 0.29) is 18.2 Å². The van der Waals surface area contributed by atoms with Gasteiger partial charge in [-0.25, -0.2) is 0 Å². The highest BCUT2D eigenvalue weighted by molar-refractivity contribution is 7.08. The van der Waals surface area contributed by atoms with Crippen molar-refractivity contribution in [2.24, 2.45) is 5.73 Å². The van der Waals surface area contributed by atoms with Crippen molar-refractivity contribution in [3.63, 3.8) is 0 Å². The predicted molar refractivity (Wildman–Crippen MR) is 130 cm³/mol. The topological polar surface area (TPSA) is 129 Å². The molecule has 2 aliphatic heterocycles. The summed E-state index contributed by atoms with van der Waals surface area (Å²) in [4.78, 5) is 23.9. The van der Waals surface area contributed by atoms with Crippen LogP contribution in [0.2, 0.25) is 0 Å². The van der Waals surface area contributed by atoms with Crippen LogP contribution < -0.4 is 20.7 Å². The first kappa shape index (κ1) is 22.3. The fourth-order valence-corrected chi connectivity index (χ4v) is 4.90. The summed E-state index contributed by atoms with van der Waals surface area (Å²) in [6, 6.07) is 11.0. The summed E-state index contributed by atoms with van der Waals surface area (Å²) in [5.74, 6) is 0.688. The fourth-order valence-electron chi connectivity index (χ4n) is 4.06. The number of amides is 1. The molecule has 9 heteroatoms. The van der Waals surface area contributed by atoms with Crippen molar-refractivity contribution in [1.82, 2.24) is 0 Å². The van der Waals surface area contributed by atoms with Crippen molar-refractivity contribution in [1.29, 1.82) is 5.41 Å². The third-order valence-corrected chi connectivity index (χ3v) is 6.45. The molecule has 5 N–H and O–H groups in total. The third kappa shape index (κ3) is 4.68. The number of carbonyl (C=O) groups is 2. The molecule has 8 nitrogen and oxygen atoms in total. The maximum absolute atomic E-state index is 13.3. The summed E-state index contributed by atoms with van der Waals surface area (Å²) < 4.78 is 6.01. The second-order valence-corrected chi connectivity index (χ2v) is 8.45. The van der Waals surface area contributed by atoms with Gasteiger partial charge in [-0.05, 0) is 53.9 Å². The van der Waals surface area contributed by atoms with Gasteiger partial charge in [0.15, 0.2) is 0 Å². The SMILES string of the molecule is N=C(N)c1ccc(NC(=O)c2cc3c(cc2N2CCCC2)OCc2cscc2-3)cc1.O=CO. The minimum atomic E-state index is -0.250. The smallest absolute Gasteiger partial charge is 0.290 e. The van der Waals surface area contributed by atoms with E-state index in [0.717, 1.165) is 54.1 Å². The molecule has 1 fully saturated rings. The van der Waals surface area contributed by atoms with E-state index in [4.69, 9.17) is 25.8 Å². The Balaban J connectivity index is 0.000000821. The van der Waals surface area contributed by atoms with Crippen molar-refractivity contribution in [2.75, 3.05) is 23.3 Å². The normalized spacial score (nSPS) is 13.6. The number of benzene rings is 2. The van der Waals surface area contributed by atoms with Crippen LogP contribution in [0, 0.1) is 5.41 Å². The molecule has 0 radical (unpaired) electrons. The number of ether oxygens (including phenoxy) is 1. The number of fused-ring (bicyclic) bond motifs is 3. The van der Waals surface area contributed by atoms with Gasteiger partial charge >= 0.3 is 0 Å². The fraction of sp³-hybridized carbons (Fsp3) is 0.208. The second kappa shape index (κ2) is 9.74. The number of anilines is 2. The van der Waals surface area contributed by atoms with Gasteiger partial charge in [0, 0.05) is 47.1 Å². The van der Waals surface area contributed by atoms with E-state index >= 15 is 0 Å². The van der Waals surface area contributed by atoms with Crippen molar-refractivity contribution in [2.45, 2.75) is 19.4 Å². The van der Waals surface area contributed by atoms with E-state index in [9.17, 15) is 4.79 Å². The summed E-state index contributed by atoms with van der Waals surface area (Å²) in [7, 11) is 0. The Hall–Kier alpha value is -3.85. The van der Waals surface area contributed by atoms with Gasteiger partial charge in [-0.3, -0.25) is 15.0 Å². The molecule has 2 aromatic carbocycles. The predicted octanol–water partition coefficient (Wildman–Crippen LogP) is 4.14. The van der Waals surface area contributed by atoms with Gasteiger partial charge in [0.2, 0.25) is 0 Å². The Morgan fingerprint density at radius 3 is 2.52 bits per heavy atom. The molecule has 3 heterocycles. The van der Waals surface area contributed by atoms with Crippen LogP contribution in [0.25, 0.3) is 11.1 Å². The minimum Gasteiger partial charge on any atom is -0.488 e. The number of nitrogen functional groups attached to an aromatic ring is 1. The van der Waals surface area contributed by atoms with Crippen LogP contribution in [-0.2, 0) is 11.4 Å². The molecule has 33 heavy (non-hydrogen) atoms.